The number of nitrogens with zero attached hydrogens (tertiary/aromatic N) is 3. The molecule has 2 rings (SSSR count). The maximum Gasteiger partial charge on any atom is 0.174 e. The second kappa shape index (κ2) is 5.04. The fraction of sp³-hybridized carbons (Fsp3) is 0.111. The molecular formula is C9H9N5S2. The average molecular weight is 251 g/mol. The first-order valence-corrected chi connectivity index (χ1v) is 6.30. The number of rotatable bonds is 4. The van der Waals surface area contributed by atoms with Crippen LogP contribution in [0.1, 0.15) is 11.3 Å². The zero-order chi connectivity index (χ0) is 11.4. The standard InChI is InChI=1S/C9H9N5S2/c10-8(11)7-3-6(1-2-12-7)4-15-9-14-13-5-16-9/h1-3,5H,4H2,(H3,10,11). The fourth-order valence-electron chi connectivity index (χ4n) is 1.08. The Hall–Kier alpha value is -1.47. The second-order valence-corrected chi connectivity index (χ2v) is 5.01. The molecule has 82 valence electrons. The molecule has 7 heteroatoms. The van der Waals surface area contributed by atoms with Crippen LogP contribution >= 0.6 is 23.1 Å². The minimum atomic E-state index is -0.0113. The van der Waals surface area contributed by atoms with Gasteiger partial charge < -0.3 is 5.73 Å². The normalized spacial score (nSPS) is 10.2. The Morgan fingerprint density at radius 3 is 3.12 bits per heavy atom. The van der Waals surface area contributed by atoms with Gasteiger partial charge in [0, 0.05) is 11.9 Å². The van der Waals surface area contributed by atoms with Crippen LogP contribution < -0.4 is 5.73 Å². The van der Waals surface area contributed by atoms with Crippen LogP contribution in [0, 0.1) is 5.41 Å². The van der Waals surface area contributed by atoms with E-state index in [1.165, 1.54) is 11.3 Å². The van der Waals surface area contributed by atoms with Gasteiger partial charge in [0.25, 0.3) is 0 Å². The quantitative estimate of drug-likeness (QED) is 0.488. The Morgan fingerprint density at radius 1 is 1.56 bits per heavy atom. The summed E-state index contributed by atoms with van der Waals surface area (Å²) in [6, 6.07) is 3.72. The van der Waals surface area contributed by atoms with E-state index < -0.39 is 0 Å². The molecule has 0 aromatic carbocycles. The molecule has 0 spiro atoms. The highest BCUT2D eigenvalue weighted by molar-refractivity contribution is 8.00. The summed E-state index contributed by atoms with van der Waals surface area (Å²) in [6.45, 7) is 0. The summed E-state index contributed by atoms with van der Waals surface area (Å²) in [6.07, 6.45) is 1.66. The molecule has 2 heterocycles. The first-order valence-electron chi connectivity index (χ1n) is 4.44. The second-order valence-electron chi connectivity index (χ2n) is 2.96. The number of nitrogen functional groups attached to an aromatic ring is 1. The lowest BCUT2D eigenvalue weighted by molar-refractivity contribution is 1.01. The molecule has 2 aromatic rings. The molecule has 0 aliphatic heterocycles. The molecule has 16 heavy (non-hydrogen) atoms. The molecule has 0 amide bonds. The first-order chi connectivity index (χ1) is 7.75. The highest BCUT2D eigenvalue weighted by Gasteiger charge is 2.02. The number of nitrogens with two attached hydrogens (primary N) is 1. The Morgan fingerprint density at radius 2 is 2.44 bits per heavy atom. The van der Waals surface area contributed by atoms with Crippen LogP contribution in [0.5, 0.6) is 0 Å². The Balaban J connectivity index is 2.04. The van der Waals surface area contributed by atoms with E-state index in [1.807, 2.05) is 12.1 Å². The third-order valence-electron chi connectivity index (χ3n) is 1.80. The molecule has 0 atom stereocenters. The van der Waals surface area contributed by atoms with Gasteiger partial charge >= 0.3 is 0 Å². The van der Waals surface area contributed by atoms with Gasteiger partial charge in [0.05, 0.1) is 0 Å². The summed E-state index contributed by atoms with van der Waals surface area (Å²) in [5, 5.41) is 15.0. The highest BCUT2D eigenvalue weighted by Crippen LogP contribution is 2.23. The molecule has 0 radical (unpaired) electrons. The van der Waals surface area contributed by atoms with Gasteiger partial charge in [0.1, 0.15) is 17.0 Å². The van der Waals surface area contributed by atoms with Crippen LogP contribution in [0.25, 0.3) is 0 Å². The van der Waals surface area contributed by atoms with Gasteiger partial charge in [-0.25, -0.2) is 0 Å². The number of nitrogens with one attached hydrogen (secondary N) is 1. The Bertz CT molecular complexity index is 482. The molecule has 0 bridgehead atoms. The largest absolute Gasteiger partial charge is 0.382 e. The van der Waals surface area contributed by atoms with Crippen molar-refractivity contribution in [3.05, 3.63) is 35.1 Å². The van der Waals surface area contributed by atoms with Crippen molar-refractivity contribution < 1.29 is 0 Å². The number of hydrogen-bond acceptors (Lipinski definition) is 6. The van der Waals surface area contributed by atoms with Crippen molar-refractivity contribution in [1.29, 1.82) is 5.41 Å². The van der Waals surface area contributed by atoms with Gasteiger partial charge in [-0.05, 0) is 17.7 Å². The summed E-state index contributed by atoms with van der Waals surface area (Å²) < 4.78 is 0.932. The Kier molecular flexibility index (Phi) is 3.47. The van der Waals surface area contributed by atoms with Crippen LogP contribution in [0.3, 0.4) is 0 Å². The summed E-state index contributed by atoms with van der Waals surface area (Å²) in [5.74, 6) is 0.764. The number of hydrogen-bond donors (Lipinski definition) is 2. The van der Waals surface area contributed by atoms with E-state index in [9.17, 15) is 0 Å². The molecule has 0 unspecified atom stereocenters. The predicted molar refractivity (Wildman–Crippen MR) is 64.7 cm³/mol. The topological polar surface area (TPSA) is 88.5 Å². The first kappa shape index (κ1) is 11.0. The number of amidine groups is 1. The van der Waals surface area contributed by atoms with Crippen LogP contribution in [-0.4, -0.2) is 21.0 Å². The van der Waals surface area contributed by atoms with Crippen molar-refractivity contribution in [3.63, 3.8) is 0 Å². The maximum atomic E-state index is 7.29. The van der Waals surface area contributed by atoms with Crippen LogP contribution in [0.15, 0.2) is 28.2 Å². The summed E-state index contributed by atoms with van der Waals surface area (Å²) in [4.78, 5) is 4.00. The number of pyridine rings is 1. The van der Waals surface area contributed by atoms with Gasteiger partial charge in [-0.1, -0.05) is 23.1 Å². The molecule has 5 nitrogen and oxygen atoms in total. The number of thioether (sulfide) groups is 1. The summed E-state index contributed by atoms with van der Waals surface area (Å²) >= 11 is 3.12. The van der Waals surface area contributed by atoms with Gasteiger partial charge in [0.15, 0.2) is 4.34 Å². The molecule has 3 N–H and O–H groups in total. The Labute approximate surface area is 101 Å². The molecule has 2 aromatic heterocycles. The van der Waals surface area contributed by atoms with E-state index in [-0.39, 0.29) is 5.84 Å². The van der Waals surface area contributed by atoms with Crippen LogP contribution in [0.4, 0.5) is 0 Å². The minimum absolute atomic E-state index is 0.0113. The SMILES string of the molecule is N=C(N)c1cc(CSc2nncs2)ccn1. The van der Waals surface area contributed by atoms with Crippen LogP contribution in [-0.2, 0) is 5.75 Å². The lowest BCUT2D eigenvalue weighted by Crippen LogP contribution is -2.13. The maximum absolute atomic E-state index is 7.29. The van der Waals surface area contributed by atoms with Gasteiger partial charge in [0.2, 0.25) is 0 Å². The van der Waals surface area contributed by atoms with E-state index in [1.54, 1.807) is 23.5 Å². The van der Waals surface area contributed by atoms with Gasteiger partial charge in [-0.15, -0.1) is 10.2 Å². The molecule has 0 aliphatic rings. The fourth-order valence-corrected chi connectivity index (χ4v) is 2.51. The molecule has 0 fully saturated rings. The van der Waals surface area contributed by atoms with Gasteiger partial charge in [-0.2, -0.15) is 0 Å². The monoisotopic (exact) mass is 251 g/mol. The highest BCUT2D eigenvalue weighted by atomic mass is 32.2. The van der Waals surface area contributed by atoms with E-state index in [2.05, 4.69) is 15.2 Å². The van der Waals surface area contributed by atoms with E-state index in [4.69, 9.17) is 11.1 Å². The van der Waals surface area contributed by atoms with Crippen molar-refractivity contribution in [2.45, 2.75) is 10.1 Å². The van der Waals surface area contributed by atoms with E-state index in [0.717, 1.165) is 15.7 Å². The van der Waals surface area contributed by atoms with E-state index in [0.29, 0.717) is 5.69 Å². The summed E-state index contributed by atoms with van der Waals surface area (Å²) in [7, 11) is 0. The van der Waals surface area contributed by atoms with E-state index >= 15 is 0 Å². The minimum Gasteiger partial charge on any atom is -0.382 e. The zero-order valence-corrected chi connectivity index (χ0v) is 9.88. The molecular weight excluding hydrogens is 242 g/mol. The van der Waals surface area contributed by atoms with Crippen molar-refractivity contribution >= 4 is 28.9 Å². The smallest absolute Gasteiger partial charge is 0.174 e. The predicted octanol–water partition coefficient (Wildman–Crippen LogP) is 1.51. The molecule has 0 aliphatic carbocycles. The van der Waals surface area contributed by atoms with Crippen molar-refractivity contribution in [3.8, 4) is 0 Å². The lowest BCUT2D eigenvalue weighted by Gasteiger charge is -2.01. The third kappa shape index (κ3) is 2.77. The van der Waals surface area contributed by atoms with Crippen molar-refractivity contribution in [2.24, 2.45) is 5.73 Å². The van der Waals surface area contributed by atoms with Gasteiger partial charge in [-0.3, -0.25) is 10.4 Å². The zero-order valence-electron chi connectivity index (χ0n) is 8.25. The van der Waals surface area contributed by atoms with Crippen molar-refractivity contribution in [2.75, 3.05) is 0 Å². The average Bonchev–Trinajstić information content (AvgIpc) is 2.79. The van der Waals surface area contributed by atoms with Crippen molar-refractivity contribution in [1.82, 2.24) is 15.2 Å². The van der Waals surface area contributed by atoms with Crippen LogP contribution in [0.2, 0.25) is 0 Å². The molecule has 0 saturated carbocycles. The summed E-state index contributed by atoms with van der Waals surface area (Å²) in [5.41, 5.74) is 8.65. The number of aromatic nitrogens is 3. The third-order valence-corrected chi connectivity index (χ3v) is 3.73. The lowest BCUT2D eigenvalue weighted by atomic mass is 10.2. The molecule has 0 saturated heterocycles.